The fourth-order valence-electron chi connectivity index (χ4n) is 2.66. The summed E-state index contributed by atoms with van der Waals surface area (Å²) in [6.07, 6.45) is 0.535. The number of aromatic amines is 1. The Morgan fingerprint density at radius 2 is 2.00 bits per heavy atom. The Morgan fingerprint density at radius 1 is 1.29 bits per heavy atom. The third kappa shape index (κ3) is 2.63. The second-order valence-corrected chi connectivity index (χ2v) is 5.48. The first-order chi connectivity index (χ1) is 10.1. The van der Waals surface area contributed by atoms with Crippen LogP contribution < -0.4 is 10.5 Å². The summed E-state index contributed by atoms with van der Waals surface area (Å²) in [5, 5.41) is 0. The molecule has 1 aromatic carbocycles. The maximum Gasteiger partial charge on any atom is 0.270 e. The highest BCUT2D eigenvalue weighted by molar-refractivity contribution is 5.79. The van der Waals surface area contributed by atoms with Crippen LogP contribution in [-0.4, -0.2) is 48.1 Å². The number of aromatic nitrogens is 2. The molecule has 1 aromatic heterocycles. The highest BCUT2D eigenvalue weighted by atomic mass is 19.1. The van der Waals surface area contributed by atoms with Crippen molar-refractivity contribution in [3.8, 4) is 0 Å². The number of piperazine rings is 1. The Labute approximate surface area is 122 Å². The molecule has 1 aliphatic rings. The number of nitrogens with one attached hydrogen (secondary N) is 1. The second kappa shape index (κ2) is 5.44. The number of nitrogens with zero attached hydrogens (tertiary/aromatic N) is 3. The van der Waals surface area contributed by atoms with Gasteiger partial charge in [0.1, 0.15) is 11.5 Å². The van der Waals surface area contributed by atoms with E-state index in [1.165, 1.54) is 6.07 Å². The van der Waals surface area contributed by atoms with Crippen LogP contribution in [0.2, 0.25) is 0 Å². The number of anilines is 1. The number of halogens is 1. The molecule has 3 rings (SSSR count). The highest BCUT2D eigenvalue weighted by Crippen LogP contribution is 2.24. The van der Waals surface area contributed by atoms with Gasteiger partial charge in [0.25, 0.3) is 5.56 Å². The van der Waals surface area contributed by atoms with E-state index in [-0.39, 0.29) is 11.4 Å². The van der Waals surface area contributed by atoms with Crippen LogP contribution in [-0.2, 0) is 6.42 Å². The summed E-state index contributed by atoms with van der Waals surface area (Å²) in [5.74, 6) is -0.284. The molecule has 0 amide bonds. The van der Waals surface area contributed by atoms with Crippen LogP contribution in [0.25, 0.3) is 11.0 Å². The van der Waals surface area contributed by atoms with Crippen molar-refractivity contribution in [2.75, 3.05) is 38.1 Å². The molecule has 0 spiro atoms. The van der Waals surface area contributed by atoms with Gasteiger partial charge in [0.15, 0.2) is 0 Å². The molecule has 2 aromatic rings. The van der Waals surface area contributed by atoms with Crippen molar-refractivity contribution in [2.45, 2.75) is 13.3 Å². The summed E-state index contributed by atoms with van der Waals surface area (Å²) in [7, 11) is 2.06. The molecule has 0 radical (unpaired) electrons. The van der Waals surface area contributed by atoms with Gasteiger partial charge in [-0.3, -0.25) is 4.79 Å². The molecule has 1 aliphatic heterocycles. The van der Waals surface area contributed by atoms with Gasteiger partial charge in [-0.1, -0.05) is 6.92 Å². The minimum absolute atomic E-state index is 0.194. The van der Waals surface area contributed by atoms with Gasteiger partial charge in [-0.25, -0.2) is 9.37 Å². The molecule has 5 nitrogen and oxygen atoms in total. The molecular weight excluding hydrogens is 271 g/mol. The lowest BCUT2D eigenvalue weighted by atomic mass is 10.2. The number of hydrogen-bond donors (Lipinski definition) is 1. The number of likely N-dealkylation sites (N-methyl/N-ethyl adjacent to an activating group) is 1. The molecule has 1 saturated heterocycles. The highest BCUT2D eigenvalue weighted by Gasteiger charge is 2.18. The Hall–Kier alpha value is -1.95. The van der Waals surface area contributed by atoms with Crippen molar-refractivity contribution in [2.24, 2.45) is 0 Å². The minimum atomic E-state index is -0.284. The third-order valence-electron chi connectivity index (χ3n) is 4.01. The van der Waals surface area contributed by atoms with E-state index in [0.717, 1.165) is 26.2 Å². The van der Waals surface area contributed by atoms with Crippen LogP contribution in [0.1, 0.15) is 12.6 Å². The van der Waals surface area contributed by atoms with Gasteiger partial charge in [-0.2, -0.15) is 0 Å². The summed E-state index contributed by atoms with van der Waals surface area (Å²) >= 11 is 0. The van der Waals surface area contributed by atoms with Crippen LogP contribution in [0, 0.1) is 5.82 Å². The van der Waals surface area contributed by atoms with Crippen LogP contribution >= 0.6 is 0 Å². The first kappa shape index (κ1) is 14.0. The van der Waals surface area contributed by atoms with E-state index in [1.54, 1.807) is 6.07 Å². The van der Waals surface area contributed by atoms with E-state index in [9.17, 15) is 9.18 Å². The standard InChI is InChI=1S/C15H19FN4O/c1-3-11-15(21)18-13-9-14(10(16)8-12(13)17-11)20-6-4-19(2)5-7-20/h8-9H,3-7H2,1-2H3,(H,18,21). The summed E-state index contributed by atoms with van der Waals surface area (Å²) < 4.78 is 14.4. The molecule has 0 unspecified atom stereocenters. The molecule has 0 aliphatic carbocycles. The minimum Gasteiger partial charge on any atom is -0.367 e. The van der Waals surface area contributed by atoms with Crippen molar-refractivity contribution in [1.29, 1.82) is 0 Å². The average Bonchev–Trinajstić information content (AvgIpc) is 2.47. The monoisotopic (exact) mass is 290 g/mol. The molecule has 6 heteroatoms. The van der Waals surface area contributed by atoms with Gasteiger partial charge in [0.05, 0.1) is 16.7 Å². The van der Waals surface area contributed by atoms with E-state index >= 15 is 0 Å². The summed E-state index contributed by atoms with van der Waals surface area (Å²) in [6.45, 7) is 5.23. The van der Waals surface area contributed by atoms with E-state index in [0.29, 0.717) is 28.8 Å². The SMILES string of the molecule is CCc1nc2cc(F)c(N3CCN(C)CC3)cc2[nH]c1=O. The zero-order chi connectivity index (χ0) is 15.0. The number of hydrogen-bond acceptors (Lipinski definition) is 4. The Kier molecular flexibility index (Phi) is 3.63. The van der Waals surface area contributed by atoms with Gasteiger partial charge in [0, 0.05) is 32.2 Å². The number of fused-ring (bicyclic) bond motifs is 1. The fourth-order valence-corrected chi connectivity index (χ4v) is 2.66. The normalized spacial score (nSPS) is 16.6. The predicted octanol–water partition coefficient (Wildman–Crippen LogP) is 1.38. The number of aryl methyl sites for hydroxylation is 1. The first-order valence-electron chi connectivity index (χ1n) is 7.24. The van der Waals surface area contributed by atoms with Gasteiger partial charge in [-0.15, -0.1) is 0 Å². The maximum atomic E-state index is 14.4. The molecule has 2 heterocycles. The van der Waals surface area contributed by atoms with Gasteiger partial charge >= 0.3 is 0 Å². The van der Waals surface area contributed by atoms with E-state index < -0.39 is 0 Å². The predicted molar refractivity (Wildman–Crippen MR) is 81.4 cm³/mol. The van der Waals surface area contributed by atoms with Gasteiger partial charge < -0.3 is 14.8 Å². The quantitative estimate of drug-likeness (QED) is 0.908. The second-order valence-electron chi connectivity index (χ2n) is 5.48. The number of benzene rings is 1. The van der Waals surface area contributed by atoms with Crippen molar-refractivity contribution in [1.82, 2.24) is 14.9 Å². The van der Waals surface area contributed by atoms with Crippen LogP contribution in [0.5, 0.6) is 0 Å². The Balaban J connectivity index is 2.04. The zero-order valence-electron chi connectivity index (χ0n) is 12.3. The summed E-state index contributed by atoms with van der Waals surface area (Å²) in [4.78, 5) is 23.1. The van der Waals surface area contributed by atoms with E-state index in [1.807, 2.05) is 11.8 Å². The largest absolute Gasteiger partial charge is 0.367 e. The lowest BCUT2D eigenvalue weighted by molar-refractivity contribution is 0.312. The molecular formula is C15H19FN4O. The zero-order valence-corrected chi connectivity index (χ0v) is 12.3. The Bertz CT molecular complexity index is 719. The summed E-state index contributed by atoms with van der Waals surface area (Å²) in [5.41, 5.74) is 1.88. The van der Waals surface area contributed by atoms with E-state index in [4.69, 9.17) is 0 Å². The van der Waals surface area contributed by atoms with Gasteiger partial charge in [0.2, 0.25) is 0 Å². The van der Waals surface area contributed by atoms with Crippen molar-refractivity contribution >= 4 is 16.7 Å². The topological polar surface area (TPSA) is 52.2 Å². The third-order valence-corrected chi connectivity index (χ3v) is 4.01. The molecule has 21 heavy (non-hydrogen) atoms. The number of H-pyrrole nitrogens is 1. The van der Waals surface area contributed by atoms with Crippen LogP contribution in [0.3, 0.4) is 0 Å². The average molecular weight is 290 g/mol. The molecule has 1 N–H and O–H groups in total. The van der Waals surface area contributed by atoms with Crippen molar-refractivity contribution in [3.05, 3.63) is 34.0 Å². The van der Waals surface area contributed by atoms with E-state index in [2.05, 4.69) is 21.9 Å². The van der Waals surface area contributed by atoms with Crippen molar-refractivity contribution in [3.63, 3.8) is 0 Å². The Morgan fingerprint density at radius 3 is 2.67 bits per heavy atom. The van der Waals surface area contributed by atoms with Crippen LogP contribution in [0.15, 0.2) is 16.9 Å². The smallest absolute Gasteiger partial charge is 0.270 e. The molecule has 1 fully saturated rings. The first-order valence-corrected chi connectivity index (χ1v) is 7.24. The molecule has 112 valence electrons. The number of rotatable bonds is 2. The summed E-state index contributed by atoms with van der Waals surface area (Å²) in [6, 6.07) is 3.11. The lowest BCUT2D eigenvalue weighted by Gasteiger charge is -2.34. The van der Waals surface area contributed by atoms with Crippen LogP contribution in [0.4, 0.5) is 10.1 Å². The lowest BCUT2D eigenvalue weighted by Crippen LogP contribution is -2.44. The molecule has 0 bridgehead atoms. The maximum absolute atomic E-state index is 14.4. The fraction of sp³-hybridized carbons (Fsp3) is 0.467. The molecule has 0 saturated carbocycles. The van der Waals surface area contributed by atoms with Gasteiger partial charge in [-0.05, 0) is 19.5 Å². The van der Waals surface area contributed by atoms with Crippen molar-refractivity contribution < 1.29 is 4.39 Å². The molecule has 0 atom stereocenters.